The molecule has 2 aromatic rings. The summed E-state index contributed by atoms with van der Waals surface area (Å²) in [7, 11) is 0. The average molecular weight is 214 g/mol. The molecular weight excluding hydrogens is 204 g/mol. The lowest BCUT2D eigenvalue weighted by molar-refractivity contribution is -0.109. The van der Waals surface area contributed by atoms with E-state index in [1.54, 1.807) is 6.07 Å². The lowest BCUT2D eigenvalue weighted by Gasteiger charge is -2.03. The first-order valence-corrected chi connectivity index (χ1v) is 4.76. The minimum Gasteiger partial charge on any atom is -0.507 e. The molecule has 0 bridgehead atoms. The summed E-state index contributed by atoms with van der Waals surface area (Å²) in [6.07, 6.45) is 1.89. The molecule has 0 fully saturated rings. The quantitative estimate of drug-likeness (QED) is 0.463. The van der Waals surface area contributed by atoms with E-state index in [-0.39, 0.29) is 5.75 Å². The molecule has 2 aromatic carbocycles. The zero-order valence-corrected chi connectivity index (χ0v) is 8.42. The van der Waals surface area contributed by atoms with Crippen molar-refractivity contribution in [3.05, 3.63) is 42.0 Å². The Balaban J connectivity index is 2.56. The summed E-state index contributed by atoms with van der Waals surface area (Å²) >= 11 is 0. The van der Waals surface area contributed by atoms with E-state index in [0.29, 0.717) is 12.0 Å². The molecule has 0 radical (unpaired) electrons. The van der Waals surface area contributed by atoms with Gasteiger partial charge in [0.05, 0.1) is 6.21 Å². The molecule has 80 valence electrons. The number of rotatable bonds is 3. The minimum atomic E-state index is 0.134. The van der Waals surface area contributed by atoms with E-state index >= 15 is 0 Å². The van der Waals surface area contributed by atoms with E-state index in [1.165, 1.54) is 6.21 Å². The summed E-state index contributed by atoms with van der Waals surface area (Å²) in [5.41, 5.74) is 2.76. The Morgan fingerprint density at radius 1 is 1.19 bits per heavy atom. The molecule has 0 saturated carbocycles. The number of benzene rings is 2. The molecule has 0 aliphatic heterocycles. The molecule has 2 rings (SSSR count). The lowest BCUT2D eigenvalue weighted by Crippen LogP contribution is -2.00. The van der Waals surface area contributed by atoms with Crippen LogP contribution in [0.15, 0.2) is 41.5 Å². The molecule has 0 aromatic heterocycles. The van der Waals surface area contributed by atoms with Crippen LogP contribution < -0.4 is 5.43 Å². The zero-order valence-electron chi connectivity index (χ0n) is 8.42. The van der Waals surface area contributed by atoms with Gasteiger partial charge in [-0.05, 0) is 16.8 Å². The Morgan fingerprint density at radius 3 is 2.81 bits per heavy atom. The van der Waals surface area contributed by atoms with E-state index in [1.807, 2.05) is 30.3 Å². The van der Waals surface area contributed by atoms with E-state index in [2.05, 4.69) is 10.5 Å². The highest BCUT2D eigenvalue weighted by Crippen LogP contribution is 2.25. The molecule has 0 atom stereocenters. The number of fused-ring (bicyclic) bond motifs is 1. The molecule has 1 amide bonds. The Hall–Kier alpha value is -2.36. The fraction of sp³-hybridized carbons (Fsp3) is 0. The van der Waals surface area contributed by atoms with Crippen molar-refractivity contribution in [2.75, 3.05) is 0 Å². The molecule has 16 heavy (non-hydrogen) atoms. The standard InChI is InChI=1S/C12H10N2O2/c15-8-14-13-7-11-10-4-2-1-3-9(10)5-6-12(11)16/h1-8,16H,(H,14,15)/b13-7-. The Kier molecular flexibility index (Phi) is 2.82. The van der Waals surface area contributed by atoms with Gasteiger partial charge in [0.15, 0.2) is 0 Å². The van der Waals surface area contributed by atoms with Crippen molar-refractivity contribution in [3.8, 4) is 5.75 Å². The number of hydrogen-bond acceptors (Lipinski definition) is 3. The Bertz CT molecular complexity index is 550. The predicted octanol–water partition coefficient (Wildman–Crippen LogP) is 1.63. The van der Waals surface area contributed by atoms with Gasteiger partial charge < -0.3 is 5.11 Å². The van der Waals surface area contributed by atoms with Crippen LogP contribution in [-0.4, -0.2) is 17.7 Å². The fourth-order valence-electron chi connectivity index (χ4n) is 1.55. The van der Waals surface area contributed by atoms with Gasteiger partial charge in [0, 0.05) is 5.56 Å². The molecule has 0 aliphatic rings. The monoisotopic (exact) mass is 214 g/mol. The second-order valence-electron chi connectivity index (χ2n) is 3.22. The van der Waals surface area contributed by atoms with E-state index in [0.717, 1.165) is 10.8 Å². The van der Waals surface area contributed by atoms with Gasteiger partial charge in [-0.2, -0.15) is 5.10 Å². The maximum Gasteiger partial charge on any atom is 0.227 e. The van der Waals surface area contributed by atoms with Crippen LogP contribution in [0.3, 0.4) is 0 Å². The lowest BCUT2D eigenvalue weighted by atomic mass is 10.0. The highest BCUT2D eigenvalue weighted by atomic mass is 16.3. The zero-order chi connectivity index (χ0) is 11.4. The molecule has 0 aliphatic carbocycles. The highest BCUT2D eigenvalue weighted by Gasteiger charge is 2.03. The molecule has 0 heterocycles. The number of nitrogens with one attached hydrogen (secondary N) is 1. The van der Waals surface area contributed by atoms with E-state index in [4.69, 9.17) is 0 Å². The summed E-state index contributed by atoms with van der Waals surface area (Å²) in [6, 6.07) is 11.1. The molecule has 0 unspecified atom stereocenters. The molecule has 4 heteroatoms. The van der Waals surface area contributed by atoms with Crippen LogP contribution in [0.25, 0.3) is 10.8 Å². The second-order valence-corrected chi connectivity index (χ2v) is 3.22. The summed E-state index contributed by atoms with van der Waals surface area (Å²) < 4.78 is 0. The first kappa shape index (κ1) is 10.2. The third-order valence-corrected chi connectivity index (χ3v) is 2.27. The van der Waals surface area contributed by atoms with Crippen molar-refractivity contribution in [1.82, 2.24) is 5.43 Å². The summed E-state index contributed by atoms with van der Waals surface area (Å²) in [5, 5.41) is 15.3. The second kappa shape index (κ2) is 4.44. The largest absolute Gasteiger partial charge is 0.507 e. The van der Waals surface area contributed by atoms with Gasteiger partial charge >= 0.3 is 0 Å². The number of hydrazone groups is 1. The van der Waals surface area contributed by atoms with Crippen LogP contribution >= 0.6 is 0 Å². The van der Waals surface area contributed by atoms with Gasteiger partial charge in [-0.25, -0.2) is 5.43 Å². The molecule has 0 spiro atoms. The summed E-state index contributed by atoms with van der Waals surface area (Å²) in [5.74, 6) is 0.134. The van der Waals surface area contributed by atoms with Gasteiger partial charge in [-0.1, -0.05) is 30.3 Å². The van der Waals surface area contributed by atoms with Crippen molar-refractivity contribution < 1.29 is 9.90 Å². The molecule has 4 nitrogen and oxygen atoms in total. The molecule has 2 N–H and O–H groups in total. The maximum atomic E-state index is 10.1. The normalized spacial score (nSPS) is 10.8. The van der Waals surface area contributed by atoms with Crippen molar-refractivity contribution in [2.24, 2.45) is 5.10 Å². The number of amides is 1. The Morgan fingerprint density at radius 2 is 2.00 bits per heavy atom. The van der Waals surface area contributed by atoms with E-state index in [9.17, 15) is 9.90 Å². The SMILES string of the molecule is O=CN/N=C\c1c(O)ccc2ccccc12. The number of phenols is 1. The summed E-state index contributed by atoms with van der Waals surface area (Å²) in [4.78, 5) is 10.1. The first-order valence-electron chi connectivity index (χ1n) is 4.76. The van der Waals surface area contributed by atoms with Gasteiger partial charge in [-0.15, -0.1) is 0 Å². The van der Waals surface area contributed by atoms with Gasteiger partial charge in [0.25, 0.3) is 0 Å². The van der Waals surface area contributed by atoms with E-state index < -0.39 is 0 Å². The third-order valence-electron chi connectivity index (χ3n) is 2.27. The van der Waals surface area contributed by atoms with Gasteiger partial charge in [-0.3, -0.25) is 4.79 Å². The topological polar surface area (TPSA) is 61.7 Å². The number of hydrogen-bond donors (Lipinski definition) is 2. The van der Waals surface area contributed by atoms with Crippen LogP contribution in [-0.2, 0) is 4.79 Å². The van der Waals surface area contributed by atoms with Crippen molar-refractivity contribution >= 4 is 23.4 Å². The first-order chi connectivity index (χ1) is 7.83. The number of nitrogens with zero attached hydrogens (tertiary/aromatic N) is 1. The van der Waals surface area contributed by atoms with Crippen LogP contribution in [0, 0.1) is 0 Å². The number of aromatic hydroxyl groups is 1. The predicted molar refractivity (Wildman–Crippen MR) is 62.4 cm³/mol. The maximum absolute atomic E-state index is 10.1. The number of phenolic OH excluding ortho intramolecular Hbond substituents is 1. The minimum absolute atomic E-state index is 0.134. The molecule has 0 saturated heterocycles. The third kappa shape index (κ3) is 1.86. The summed E-state index contributed by atoms with van der Waals surface area (Å²) in [6.45, 7) is 0. The van der Waals surface area contributed by atoms with Crippen LogP contribution in [0.5, 0.6) is 5.75 Å². The smallest absolute Gasteiger partial charge is 0.227 e. The molecular formula is C12H10N2O2. The van der Waals surface area contributed by atoms with Crippen LogP contribution in [0.2, 0.25) is 0 Å². The van der Waals surface area contributed by atoms with Crippen molar-refractivity contribution in [1.29, 1.82) is 0 Å². The highest BCUT2D eigenvalue weighted by molar-refractivity contribution is 6.02. The number of carbonyl (C=O) groups is 1. The number of carbonyl (C=O) groups excluding carboxylic acids is 1. The van der Waals surface area contributed by atoms with Crippen molar-refractivity contribution in [2.45, 2.75) is 0 Å². The van der Waals surface area contributed by atoms with Gasteiger partial charge in [0.1, 0.15) is 5.75 Å². The van der Waals surface area contributed by atoms with Gasteiger partial charge in [0.2, 0.25) is 6.41 Å². The van der Waals surface area contributed by atoms with Crippen molar-refractivity contribution in [3.63, 3.8) is 0 Å². The fourth-order valence-corrected chi connectivity index (χ4v) is 1.55. The van der Waals surface area contributed by atoms with Crippen LogP contribution in [0.4, 0.5) is 0 Å². The van der Waals surface area contributed by atoms with Crippen LogP contribution in [0.1, 0.15) is 5.56 Å². The average Bonchev–Trinajstić information content (AvgIpc) is 2.32. The Labute approximate surface area is 92.2 Å².